The molecule has 0 saturated carbocycles. The van der Waals surface area contributed by atoms with E-state index in [-0.39, 0.29) is 30.3 Å². The van der Waals surface area contributed by atoms with E-state index >= 15 is 0 Å². The maximum Gasteiger partial charge on any atom is 0.433 e. The first kappa shape index (κ1) is 18.0. The molecule has 2 heterocycles. The lowest BCUT2D eigenvalue weighted by Gasteiger charge is -2.39. The van der Waals surface area contributed by atoms with E-state index in [9.17, 15) is 23.1 Å². The van der Waals surface area contributed by atoms with Crippen molar-refractivity contribution in [2.24, 2.45) is 0 Å². The third-order valence-electron chi connectivity index (χ3n) is 3.91. The summed E-state index contributed by atoms with van der Waals surface area (Å²) in [6.07, 6.45) is -3.98. The molecule has 0 aliphatic carbocycles. The highest BCUT2D eigenvalue weighted by atomic mass is 19.4. The number of pyridine rings is 1. The number of aromatic nitrogens is 1. The van der Waals surface area contributed by atoms with Gasteiger partial charge in [-0.1, -0.05) is 0 Å². The van der Waals surface area contributed by atoms with Crippen LogP contribution in [-0.4, -0.2) is 41.7 Å². The number of nitriles is 1. The Morgan fingerprint density at radius 2 is 2.25 bits per heavy atom. The van der Waals surface area contributed by atoms with Crippen LogP contribution >= 0.6 is 0 Å². The van der Waals surface area contributed by atoms with Gasteiger partial charge in [0.2, 0.25) is 5.91 Å². The molecule has 1 aromatic heterocycles. The Morgan fingerprint density at radius 3 is 2.83 bits per heavy atom. The third-order valence-corrected chi connectivity index (χ3v) is 3.91. The van der Waals surface area contributed by atoms with Crippen LogP contribution in [0.3, 0.4) is 0 Å². The van der Waals surface area contributed by atoms with Crippen LogP contribution in [-0.2, 0) is 11.0 Å². The molecule has 1 amide bonds. The number of anilines is 1. The van der Waals surface area contributed by atoms with Gasteiger partial charge in [0.15, 0.2) is 0 Å². The Morgan fingerprint density at radius 1 is 1.54 bits per heavy atom. The molecule has 0 bridgehead atoms. The van der Waals surface area contributed by atoms with Crippen LogP contribution < -0.4 is 10.2 Å². The molecule has 130 valence electrons. The highest BCUT2D eigenvalue weighted by molar-refractivity contribution is 5.76. The molecule has 0 spiro atoms. The summed E-state index contributed by atoms with van der Waals surface area (Å²) in [5, 5.41) is 22.1. The fourth-order valence-electron chi connectivity index (χ4n) is 2.76. The Kier molecular flexibility index (Phi) is 4.99. The second-order valence-electron chi connectivity index (χ2n) is 5.78. The Bertz CT molecular complexity index is 672. The number of carbonyl (C=O) groups is 1. The van der Waals surface area contributed by atoms with E-state index < -0.39 is 17.5 Å². The largest absolute Gasteiger partial charge is 0.433 e. The SMILES string of the molecule is CNC(=O)CC1(O)CCCN(c2nc(C(F)(F)F)ccc2C#N)C1. The molecule has 0 radical (unpaired) electrons. The molecule has 1 unspecified atom stereocenters. The molecule has 2 rings (SSSR count). The van der Waals surface area contributed by atoms with Crippen molar-refractivity contribution in [3.63, 3.8) is 0 Å². The zero-order valence-electron chi connectivity index (χ0n) is 13.0. The first-order chi connectivity index (χ1) is 11.2. The van der Waals surface area contributed by atoms with E-state index in [1.54, 1.807) is 0 Å². The van der Waals surface area contributed by atoms with Crippen molar-refractivity contribution in [3.05, 3.63) is 23.4 Å². The van der Waals surface area contributed by atoms with Gasteiger partial charge in [0, 0.05) is 20.1 Å². The highest BCUT2D eigenvalue weighted by Crippen LogP contribution is 2.33. The molecule has 1 aliphatic heterocycles. The van der Waals surface area contributed by atoms with Gasteiger partial charge in [-0.25, -0.2) is 4.98 Å². The first-order valence-corrected chi connectivity index (χ1v) is 7.35. The molecule has 1 aromatic rings. The second kappa shape index (κ2) is 6.65. The smallest absolute Gasteiger partial charge is 0.388 e. The topological polar surface area (TPSA) is 89.2 Å². The fourth-order valence-corrected chi connectivity index (χ4v) is 2.76. The van der Waals surface area contributed by atoms with Crippen molar-refractivity contribution in [3.8, 4) is 6.07 Å². The predicted molar refractivity (Wildman–Crippen MR) is 79.0 cm³/mol. The summed E-state index contributed by atoms with van der Waals surface area (Å²) in [5.74, 6) is -0.487. The quantitative estimate of drug-likeness (QED) is 0.868. The van der Waals surface area contributed by atoms with Crippen molar-refractivity contribution < 1.29 is 23.1 Å². The van der Waals surface area contributed by atoms with Crippen LogP contribution in [0.1, 0.15) is 30.5 Å². The van der Waals surface area contributed by atoms with Gasteiger partial charge in [0.1, 0.15) is 17.6 Å². The monoisotopic (exact) mass is 342 g/mol. The lowest BCUT2D eigenvalue weighted by atomic mass is 9.89. The molecule has 1 saturated heterocycles. The van der Waals surface area contributed by atoms with Gasteiger partial charge < -0.3 is 15.3 Å². The van der Waals surface area contributed by atoms with Gasteiger partial charge in [-0.3, -0.25) is 4.79 Å². The second-order valence-corrected chi connectivity index (χ2v) is 5.78. The van der Waals surface area contributed by atoms with Crippen molar-refractivity contribution in [1.82, 2.24) is 10.3 Å². The third kappa shape index (κ3) is 3.94. The first-order valence-electron chi connectivity index (χ1n) is 7.35. The number of halogens is 3. The molecule has 9 heteroatoms. The van der Waals surface area contributed by atoms with Gasteiger partial charge in [0.25, 0.3) is 0 Å². The van der Waals surface area contributed by atoms with Gasteiger partial charge in [-0.2, -0.15) is 18.4 Å². The number of rotatable bonds is 3. The summed E-state index contributed by atoms with van der Waals surface area (Å²) in [4.78, 5) is 16.5. The minimum absolute atomic E-state index is 0.00723. The fraction of sp³-hybridized carbons (Fsp3) is 0.533. The van der Waals surface area contributed by atoms with Crippen LogP contribution in [0.4, 0.5) is 19.0 Å². The summed E-state index contributed by atoms with van der Waals surface area (Å²) in [7, 11) is 1.44. The van der Waals surface area contributed by atoms with Crippen molar-refractivity contribution in [1.29, 1.82) is 5.26 Å². The summed E-state index contributed by atoms with van der Waals surface area (Å²) in [5.41, 5.74) is -2.48. The molecule has 1 fully saturated rings. The normalized spacial score (nSPS) is 21.2. The zero-order chi connectivity index (χ0) is 18.0. The molecule has 0 aromatic carbocycles. The lowest BCUT2D eigenvalue weighted by molar-refractivity contribution is -0.141. The van der Waals surface area contributed by atoms with Gasteiger partial charge >= 0.3 is 6.18 Å². The summed E-state index contributed by atoms with van der Waals surface area (Å²) in [6, 6.07) is 3.64. The van der Waals surface area contributed by atoms with Gasteiger partial charge in [0.05, 0.1) is 17.6 Å². The maximum absolute atomic E-state index is 12.9. The Balaban J connectivity index is 2.33. The van der Waals surface area contributed by atoms with Crippen molar-refractivity contribution in [2.75, 3.05) is 25.0 Å². The number of β-amino-alcohol motifs (C(OH)–C–C–N with tert-alkyl or cyclic N) is 1. The number of nitrogens with one attached hydrogen (secondary N) is 1. The van der Waals surface area contributed by atoms with Crippen LogP contribution in [0, 0.1) is 11.3 Å². The predicted octanol–water partition coefficient (Wildman–Crippen LogP) is 1.44. The van der Waals surface area contributed by atoms with E-state index in [1.807, 2.05) is 6.07 Å². The van der Waals surface area contributed by atoms with Crippen LogP contribution in [0.5, 0.6) is 0 Å². The standard InChI is InChI=1S/C15H17F3N4O2/c1-20-12(23)7-14(24)5-2-6-22(9-14)13-10(8-19)3-4-11(21-13)15(16,17)18/h3-4,24H,2,5-7,9H2,1H3,(H,20,23). The summed E-state index contributed by atoms with van der Waals surface area (Å²) in [6.45, 7) is 0.280. The van der Waals surface area contributed by atoms with E-state index in [2.05, 4.69) is 10.3 Å². The van der Waals surface area contributed by atoms with E-state index in [1.165, 1.54) is 11.9 Å². The van der Waals surface area contributed by atoms with Gasteiger partial charge in [-0.05, 0) is 25.0 Å². The number of amides is 1. The average molecular weight is 342 g/mol. The van der Waals surface area contributed by atoms with E-state index in [0.29, 0.717) is 19.4 Å². The summed E-state index contributed by atoms with van der Waals surface area (Å²) >= 11 is 0. The minimum atomic E-state index is -4.63. The van der Waals surface area contributed by atoms with E-state index in [0.717, 1.165) is 12.1 Å². The number of nitrogens with zero attached hydrogens (tertiary/aromatic N) is 3. The van der Waals surface area contributed by atoms with Crippen molar-refractivity contribution in [2.45, 2.75) is 31.0 Å². The zero-order valence-corrected chi connectivity index (χ0v) is 13.0. The number of carbonyl (C=O) groups excluding carboxylic acids is 1. The van der Waals surface area contributed by atoms with E-state index in [4.69, 9.17) is 5.26 Å². The summed E-state index contributed by atoms with van der Waals surface area (Å²) < 4.78 is 38.6. The van der Waals surface area contributed by atoms with Crippen LogP contribution in [0.15, 0.2) is 12.1 Å². The van der Waals surface area contributed by atoms with Crippen LogP contribution in [0.25, 0.3) is 0 Å². The molecular weight excluding hydrogens is 325 g/mol. The number of aliphatic hydroxyl groups is 1. The molecular formula is C15H17F3N4O2. The molecule has 24 heavy (non-hydrogen) atoms. The minimum Gasteiger partial charge on any atom is -0.388 e. The number of piperidine rings is 1. The number of hydrogen-bond acceptors (Lipinski definition) is 5. The molecule has 1 aliphatic rings. The lowest BCUT2D eigenvalue weighted by Crippen LogP contribution is -2.50. The molecule has 6 nitrogen and oxygen atoms in total. The van der Waals surface area contributed by atoms with Crippen LogP contribution in [0.2, 0.25) is 0 Å². The number of hydrogen-bond donors (Lipinski definition) is 2. The van der Waals surface area contributed by atoms with Gasteiger partial charge in [-0.15, -0.1) is 0 Å². The highest BCUT2D eigenvalue weighted by Gasteiger charge is 2.38. The maximum atomic E-state index is 12.9. The Hall–Kier alpha value is -2.34. The van der Waals surface area contributed by atoms with Crippen molar-refractivity contribution >= 4 is 11.7 Å². The molecule has 2 N–H and O–H groups in total. The Labute approximate surface area is 136 Å². The molecule has 1 atom stereocenters. The number of alkyl halides is 3. The average Bonchev–Trinajstić information content (AvgIpc) is 2.52.